The molecule has 0 radical (unpaired) electrons. The fraction of sp³-hybridized carbons (Fsp3) is 0.647. The van der Waals surface area contributed by atoms with Crippen LogP contribution in [0.3, 0.4) is 0 Å². The van der Waals surface area contributed by atoms with E-state index >= 15 is 0 Å². The second-order valence-corrected chi connectivity index (χ2v) is 7.13. The van der Waals surface area contributed by atoms with E-state index in [1.165, 1.54) is 22.6 Å². The molecule has 118 valence electrons. The van der Waals surface area contributed by atoms with E-state index in [9.17, 15) is 0 Å². The number of hydrogen-bond acceptors (Lipinski definition) is 5. The molecular formula is C17H24N4S. The van der Waals surface area contributed by atoms with E-state index in [0.717, 1.165) is 25.7 Å². The highest BCUT2D eigenvalue weighted by atomic mass is 32.1. The third-order valence-electron chi connectivity index (χ3n) is 4.61. The smallest absolute Gasteiger partial charge is 0.138 e. The Balaban J connectivity index is 1.57. The monoisotopic (exact) mass is 323 g/mol. The van der Waals surface area contributed by atoms with Crippen molar-refractivity contribution in [2.24, 2.45) is 0 Å². The average Bonchev–Trinajstić information content (AvgIpc) is 3.06. The maximum Gasteiger partial charge on any atom is 0.138 e. The number of aromatic nitrogens is 2. The summed E-state index contributed by atoms with van der Waals surface area (Å²) in [6.07, 6.45) is 0.539. The van der Waals surface area contributed by atoms with Gasteiger partial charge in [0.15, 0.2) is 0 Å². The molecule has 22 heavy (non-hydrogen) atoms. The van der Waals surface area contributed by atoms with Gasteiger partial charge in [-0.3, -0.25) is 0 Å². The van der Waals surface area contributed by atoms with Crippen LogP contribution in [0.1, 0.15) is 52.1 Å². The summed E-state index contributed by atoms with van der Waals surface area (Å²) in [4.78, 5) is 11.5. The second kappa shape index (κ2) is 5.78. The van der Waals surface area contributed by atoms with Gasteiger partial charge >= 0.3 is 0 Å². The maximum absolute atomic E-state index is 8.37. The number of thiophene rings is 1. The lowest BCUT2D eigenvalue weighted by Gasteiger charge is -2.33. The van der Waals surface area contributed by atoms with E-state index in [4.69, 9.17) is 9.60 Å². The zero-order valence-corrected chi connectivity index (χ0v) is 13.3. The number of aryl methyl sites for hydroxylation is 2. The minimum atomic E-state index is -2.10. The van der Waals surface area contributed by atoms with Crippen LogP contribution in [0.2, 0.25) is 0 Å². The highest BCUT2D eigenvalue weighted by Crippen LogP contribution is 2.39. The van der Waals surface area contributed by atoms with Crippen molar-refractivity contribution >= 4 is 27.4 Å². The van der Waals surface area contributed by atoms with Crippen molar-refractivity contribution in [2.75, 3.05) is 19.3 Å². The molecule has 5 heteroatoms. The molecule has 0 atom stereocenters. The van der Waals surface area contributed by atoms with Crippen LogP contribution >= 0.6 is 11.3 Å². The molecule has 0 bridgehead atoms. The molecule has 0 unspecified atom stereocenters. The van der Waals surface area contributed by atoms with Crippen molar-refractivity contribution in [1.82, 2.24) is 14.9 Å². The van der Waals surface area contributed by atoms with Crippen LogP contribution in [-0.2, 0) is 12.8 Å². The molecule has 2 aromatic heterocycles. The first kappa shape index (κ1) is 8.60. The van der Waals surface area contributed by atoms with Crippen LogP contribution in [0, 0.1) is 0 Å². The van der Waals surface area contributed by atoms with Crippen molar-refractivity contribution in [3.63, 3.8) is 0 Å². The standard InChI is InChI=1S/C17H24N4S/c1-21(2)12-8-6-11(7-9-12)20-16-15-13-4-3-5-14(13)22-17(15)19-10-18-16/h10-12H,3-9H2,1-2H3,(H,18,19,20)/i1D3,3D2,4D2. The van der Waals surface area contributed by atoms with E-state index in [0.29, 0.717) is 26.5 Å². The van der Waals surface area contributed by atoms with Crippen LogP contribution in [-0.4, -0.2) is 41.0 Å². The van der Waals surface area contributed by atoms with E-state index in [1.54, 1.807) is 7.05 Å². The van der Waals surface area contributed by atoms with Gasteiger partial charge < -0.3 is 10.2 Å². The molecule has 1 fully saturated rings. The van der Waals surface area contributed by atoms with Gasteiger partial charge in [0, 0.05) is 26.6 Å². The molecule has 2 aliphatic carbocycles. The molecule has 0 spiro atoms. The first-order valence-corrected chi connectivity index (χ1v) is 8.50. The van der Waals surface area contributed by atoms with E-state index < -0.39 is 19.7 Å². The lowest BCUT2D eigenvalue weighted by atomic mass is 9.90. The molecular weight excluding hydrogens is 292 g/mol. The minimum Gasteiger partial charge on any atom is -0.367 e. The first-order chi connectivity index (χ1) is 13.4. The number of hydrogen-bond donors (Lipinski definition) is 1. The Morgan fingerprint density at radius 1 is 1.36 bits per heavy atom. The molecule has 2 heterocycles. The van der Waals surface area contributed by atoms with Crippen LogP contribution in [0.15, 0.2) is 6.33 Å². The lowest BCUT2D eigenvalue weighted by molar-refractivity contribution is 0.221. The number of nitrogens with zero attached hydrogens (tertiary/aromatic N) is 3. The van der Waals surface area contributed by atoms with E-state index in [2.05, 4.69) is 15.3 Å². The third kappa shape index (κ3) is 2.50. The molecule has 2 aromatic rings. The van der Waals surface area contributed by atoms with Crippen molar-refractivity contribution in [3.8, 4) is 0 Å². The van der Waals surface area contributed by atoms with Gasteiger partial charge in [0.05, 0.1) is 5.39 Å². The summed E-state index contributed by atoms with van der Waals surface area (Å²) < 4.78 is 55.7. The van der Waals surface area contributed by atoms with Gasteiger partial charge in [0.1, 0.15) is 17.0 Å². The van der Waals surface area contributed by atoms with Gasteiger partial charge in [0.2, 0.25) is 0 Å². The summed E-state index contributed by atoms with van der Waals surface area (Å²) in [5.74, 6) is 0.543. The van der Waals surface area contributed by atoms with Crippen molar-refractivity contribution in [2.45, 2.75) is 56.9 Å². The second-order valence-electron chi connectivity index (χ2n) is 6.04. The van der Waals surface area contributed by atoms with Crippen LogP contribution in [0.4, 0.5) is 5.82 Å². The highest BCUT2D eigenvalue weighted by molar-refractivity contribution is 7.19. The first-order valence-electron chi connectivity index (χ1n) is 11.2. The zero-order valence-electron chi connectivity index (χ0n) is 19.5. The van der Waals surface area contributed by atoms with E-state index in [-0.39, 0.29) is 18.5 Å². The molecule has 2 aliphatic rings. The lowest BCUT2D eigenvalue weighted by Crippen LogP contribution is -2.36. The molecule has 0 saturated heterocycles. The van der Waals surface area contributed by atoms with Gasteiger partial charge in [-0.15, -0.1) is 11.3 Å². The Labute approximate surface area is 145 Å². The minimum absolute atomic E-state index is 0.0118. The Kier molecular flexibility index (Phi) is 2.26. The van der Waals surface area contributed by atoms with E-state index in [1.807, 2.05) is 0 Å². The number of anilines is 1. The largest absolute Gasteiger partial charge is 0.367 e. The Bertz CT molecular complexity index is 918. The SMILES string of the molecule is [2H]C([2H])([2H])N(C)C1CCC(Nc2ncnc3sc4c(c23)C([2H])([2H])C([2H])([2H])C4)CC1. The molecule has 4 nitrogen and oxygen atoms in total. The summed E-state index contributed by atoms with van der Waals surface area (Å²) in [7, 11) is 1.64. The summed E-state index contributed by atoms with van der Waals surface area (Å²) >= 11 is 1.33. The molecule has 0 aliphatic heterocycles. The van der Waals surface area contributed by atoms with Crippen molar-refractivity contribution in [1.29, 1.82) is 0 Å². The Morgan fingerprint density at radius 3 is 3.05 bits per heavy atom. The fourth-order valence-electron chi connectivity index (χ4n) is 3.36. The molecule has 0 amide bonds. The Hall–Kier alpha value is -1.20. The topological polar surface area (TPSA) is 41.0 Å². The van der Waals surface area contributed by atoms with Gasteiger partial charge in [-0.2, -0.15) is 0 Å². The van der Waals surface area contributed by atoms with Crippen molar-refractivity contribution in [3.05, 3.63) is 16.8 Å². The quantitative estimate of drug-likeness (QED) is 0.939. The predicted molar refractivity (Wildman–Crippen MR) is 92.8 cm³/mol. The normalized spacial score (nSPS) is 34.7. The molecule has 0 aromatic carbocycles. The van der Waals surface area contributed by atoms with Crippen LogP contribution in [0.25, 0.3) is 10.2 Å². The molecule has 1 N–H and O–H groups in total. The number of fused-ring (bicyclic) bond motifs is 3. The molecule has 4 rings (SSSR count). The third-order valence-corrected chi connectivity index (χ3v) is 5.71. The van der Waals surface area contributed by atoms with Crippen LogP contribution in [0.5, 0.6) is 0 Å². The summed E-state index contributed by atoms with van der Waals surface area (Å²) in [5, 5.41) is 3.99. The van der Waals surface area contributed by atoms with Crippen molar-refractivity contribution < 1.29 is 9.60 Å². The fourth-order valence-corrected chi connectivity index (χ4v) is 4.39. The van der Waals surface area contributed by atoms with Gasteiger partial charge in [0.25, 0.3) is 0 Å². The van der Waals surface area contributed by atoms with Gasteiger partial charge in [-0.1, -0.05) is 0 Å². The summed E-state index contributed by atoms with van der Waals surface area (Å²) in [6.45, 7) is -2.09. The number of rotatable bonds is 3. The predicted octanol–water partition coefficient (Wildman–Crippen LogP) is 3.46. The van der Waals surface area contributed by atoms with Crippen LogP contribution < -0.4 is 5.32 Å². The van der Waals surface area contributed by atoms with Gasteiger partial charge in [-0.05, 0) is 64.4 Å². The average molecular weight is 324 g/mol. The summed E-state index contributed by atoms with van der Waals surface area (Å²) in [5.41, 5.74) is 0.376. The van der Waals surface area contributed by atoms with Gasteiger partial charge in [-0.25, -0.2) is 9.97 Å². The Morgan fingerprint density at radius 2 is 2.23 bits per heavy atom. The maximum atomic E-state index is 8.37. The molecule has 1 saturated carbocycles. The summed E-state index contributed by atoms with van der Waals surface area (Å²) in [6, 6.07) is 0.117. The zero-order chi connectivity index (χ0) is 21.2. The number of nitrogens with one attached hydrogen (secondary N) is 1. The highest BCUT2D eigenvalue weighted by Gasteiger charge is 2.25.